The molecule has 0 aliphatic heterocycles. The van der Waals surface area contributed by atoms with Gasteiger partial charge in [0, 0.05) is 18.6 Å². The zero-order valence-electron chi connectivity index (χ0n) is 11.4. The molecule has 0 atom stereocenters. The molecular formula is C15H13N3O2S. The van der Waals surface area contributed by atoms with Gasteiger partial charge in [0.1, 0.15) is 12.3 Å². The van der Waals surface area contributed by atoms with Gasteiger partial charge in [-0.1, -0.05) is 6.07 Å². The Morgan fingerprint density at radius 1 is 1.38 bits per heavy atom. The number of carbonyl (C=O) groups is 1. The highest BCUT2D eigenvalue weighted by atomic mass is 32.2. The third-order valence-electron chi connectivity index (χ3n) is 2.94. The maximum Gasteiger partial charge on any atom is 0.338 e. The topological polar surface area (TPSA) is 56.5 Å². The Morgan fingerprint density at radius 3 is 3.10 bits per heavy atom. The number of pyridine rings is 2. The number of carbonyl (C=O) groups excluding carboxylic acids is 1. The van der Waals surface area contributed by atoms with Crippen molar-refractivity contribution in [3.63, 3.8) is 0 Å². The second-order valence-corrected chi connectivity index (χ2v) is 5.19. The highest BCUT2D eigenvalue weighted by Gasteiger charge is 2.10. The number of rotatable bonds is 4. The molecule has 0 aliphatic rings. The quantitative estimate of drug-likeness (QED) is 0.547. The number of hydrogen-bond donors (Lipinski definition) is 0. The molecule has 0 radical (unpaired) electrons. The van der Waals surface area contributed by atoms with E-state index in [1.165, 1.54) is 11.8 Å². The average molecular weight is 299 g/mol. The number of fused-ring (bicyclic) bond motifs is 1. The lowest BCUT2D eigenvalue weighted by Gasteiger charge is -2.03. The minimum absolute atomic E-state index is 0.150. The Bertz CT molecular complexity index is 752. The molecular weight excluding hydrogens is 286 g/mol. The second kappa shape index (κ2) is 5.97. The van der Waals surface area contributed by atoms with Gasteiger partial charge < -0.3 is 9.14 Å². The van der Waals surface area contributed by atoms with E-state index in [1.807, 2.05) is 41.2 Å². The number of ether oxygens (including phenoxy) is 1. The van der Waals surface area contributed by atoms with Crippen molar-refractivity contribution < 1.29 is 9.53 Å². The van der Waals surface area contributed by atoms with Crippen molar-refractivity contribution >= 4 is 23.4 Å². The summed E-state index contributed by atoms with van der Waals surface area (Å²) in [6, 6.07) is 9.10. The molecule has 6 heteroatoms. The van der Waals surface area contributed by atoms with Crippen LogP contribution in [0, 0.1) is 0 Å². The molecule has 0 saturated carbocycles. The Morgan fingerprint density at radius 2 is 2.29 bits per heavy atom. The highest BCUT2D eigenvalue weighted by molar-refractivity contribution is 7.98. The normalized spacial score (nSPS) is 10.7. The first-order chi connectivity index (χ1) is 10.3. The fourth-order valence-electron chi connectivity index (χ4n) is 1.93. The van der Waals surface area contributed by atoms with Gasteiger partial charge in [-0.15, -0.1) is 11.8 Å². The molecule has 3 heterocycles. The van der Waals surface area contributed by atoms with Crippen molar-refractivity contribution in [2.75, 3.05) is 6.26 Å². The fourth-order valence-corrected chi connectivity index (χ4v) is 2.34. The first-order valence-electron chi connectivity index (χ1n) is 6.36. The summed E-state index contributed by atoms with van der Waals surface area (Å²) in [5.41, 5.74) is 2.05. The van der Waals surface area contributed by atoms with Crippen LogP contribution in [0.3, 0.4) is 0 Å². The molecule has 5 nitrogen and oxygen atoms in total. The molecule has 0 N–H and O–H groups in total. The average Bonchev–Trinajstić information content (AvgIpc) is 2.95. The molecule has 0 fully saturated rings. The number of thioether (sulfide) groups is 1. The number of imidazole rings is 1. The van der Waals surface area contributed by atoms with Gasteiger partial charge in [0.2, 0.25) is 0 Å². The predicted octanol–water partition coefficient (Wildman–Crippen LogP) is 2.81. The molecule has 0 spiro atoms. The molecule has 0 unspecified atom stereocenters. The van der Waals surface area contributed by atoms with E-state index in [2.05, 4.69) is 9.97 Å². The predicted molar refractivity (Wildman–Crippen MR) is 80.3 cm³/mol. The van der Waals surface area contributed by atoms with Crippen LogP contribution in [0.15, 0.2) is 53.9 Å². The van der Waals surface area contributed by atoms with Crippen molar-refractivity contribution in [3.8, 4) is 0 Å². The lowest BCUT2D eigenvalue weighted by Crippen LogP contribution is -2.05. The summed E-state index contributed by atoms with van der Waals surface area (Å²) in [5, 5.41) is 0.789. The Hall–Kier alpha value is -2.34. The van der Waals surface area contributed by atoms with Gasteiger partial charge in [-0.05, 0) is 30.5 Å². The lowest BCUT2D eigenvalue weighted by atomic mass is 10.3. The van der Waals surface area contributed by atoms with Gasteiger partial charge in [0.25, 0.3) is 0 Å². The van der Waals surface area contributed by atoms with E-state index < -0.39 is 0 Å². The van der Waals surface area contributed by atoms with Crippen LogP contribution in [0.1, 0.15) is 16.1 Å². The fraction of sp³-hybridized carbons (Fsp3) is 0.133. The van der Waals surface area contributed by atoms with Gasteiger partial charge in [-0.25, -0.2) is 14.8 Å². The third-order valence-corrected chi connectivity index (χ3v) is 3.59. The van der Waals surface area contributed by atoms with Crippen molar-refractivity contribution in [1.82, 2.24) is 14.4 Å². The van der Waals surface area contributed by atoms with Gasteiger partial charge in [0.05, 0.1) is 16.3 Å². The number of hydrogen-bond acceptors (Lipinski definition) is 5. The summed E-state index contributed by atoms with van der Waals surface area (Å²) in [7, 11) is 0. The van der Waals surface area contributed by atoms with E-state index >= 15 is 0 Å². The molecule has 3 aromatic rings. The Kier molecular flexibility index (Phi) is 3.87. The minimum atomic E-state index is -0.371. The summed E-state index contributed by atoms with van der Waals surface area (Å²) in [6.45, 7) is 0.150. The van der Waals surface area contributed by atoms with Crippen LogP contribution in [0.2, 0.25) is 0 Å². The zero-order valence-corrected chi connectivity index (χ0v) is 12.2. The SMILES string of the molecule is CSc1cc(C(=O)OCc2cn3ccccc3n2)ccn1. The lowest BCUT2D eigenvalue weighted by molar-refractivity contribution is 0.0468. The van der Waals surface area contributed by atoms with E-state index in [0.717, 1.165) is 10.7 Å². The van der Waals surface area contributed by atoms with Crippen LogP contribution in [-0.4, -0.2) is 26.6 Å². The summed E-state index contributed by atoms with van der Waals surface area (Å²) >= 11 is 1.48. The van der Waals surface area contributed by atoms with Gasteiger partial charge in [0.15, 0.2) is 0 Å². The van der Waals surface area contributed by atoms with Crippen LogP contribution >= 0.6 is 11.8 Å². The Balaban J connectivity index is 1.70. The van der Waals surface area contributed by atoms with E-state index in [9.17, 15) is 4.79 Å². The first kappa shape index (κ1) is 13.6. The molecule has 0 saturated heterocycles. The third kappa shape index (κ3) is 3.05. The summed E-state index contributed by atoms with van der Waals surface area (Å²) in [6.07, 6.45) is 7.27. The molecule has 0 aliphatic carbocycles. The minimum Gasteiger partial charge on any atom is -0.456 e. The van der Waals surface area contributed by atoms with E-state index in [1.54, 1.807) is 18.3 Å². The molecule has 0 aromatic carbocycles. The van der Waals surface area contributed by atoms with E-state index in [0.29, 0.717) is 11.3 Å². The number of esters is 1. The molecule has 21 heavy (non-hydrogen) atoms. The monoisotopic (exact) mass is 299 g/mol. The van der Waals surface area contributed by atoms with Crippen molar-refractivity contribution in [2.45, 2.75) is 11.6 Å². The molecule has 0 bridgehead atoms. The summed E-state index contributed by atoms with van der Waals surface area (Å²) in [4.78, 5) is 20.5. The van der Waals surface area contributed by atoms with Crippen molar-refractivity contribution in [2.24, 2.45) is 0 Å². The largest absolute Gasteiger partial charge is 0.456 e. The van der Waals surface area contributed by atoms with Crippen LogP contribution in [0.4, 0.5) is 0 Å². The first-order valence-corrected chi connectivity index (χ1v) is 7.58. The molecule has 3 aromatic heterocycles. The van der Waals surface area contributed by atoms with Crippen LogP contribution in [-0.2, 0) is 11.3 Å². The number of nitrogens with zero attached hydrogens (tertiary/aromatic N) is 3. The molecule has 0 amide bonds. The maximum atomic E-state index is 12.0. The van der Waals surface area contributed by atoms with Crippen molar-refractivity contribution in [1.29, 1.82) is 0 Å². The smallest absolute Gasteiger partial charge is 0.338 e. The van der Waals surface area contributed by atoms with Crippen LogP contribution in [0.5, 0.6) is 0 Å². The Labute approximate surface area is 126 Å². The zero-order chi connectivity index (χ0) is 14.7. The highest BCUT2D eigenvalue weighted by Crippen LogP contribution is 2.14. The number of aromatic nitrogens is 3. The van der Waals surface area contributed by atoms with Gasteiger partial charge in [-0.3, -0.25) is 0 Å². The molecule has 106 valence electrons. The maximum absolute atomic E-state index is 12.0. The van der Waals surface area contributed by atoms with Crippen molar-refractivity contribution in [3.05, 3.63) is 60.2 Å². The summed E-state index contributed by atoms with van der Waals surface area (Å²) < 4.78 is 7.18. The van der Waals surface area contributed by atoms with E-state index in [4.69, 9.17) is 4.74 Å². The molecule has 3 rings (SSSR count). The summed E-state index contributed by atoms with van der Waals surface area (Å²) in [5.74, 6) is -0.371. The standard InChI is InChI=1S/C15H13N3O2S/c1-21-14-8-11(5-6-16-14)15(19)20-10-12-9-18-7-3-2-4-13(18)17-12/h2-9H,10H2,1H3. The second-order valence-electron chi connectivity index (χ2n) is 4.36. The van der Waals surface area contributed by atoms with Gasteiger partial charge in [-0.2, -0.15) is 0 Å². The van der Waals surface area contributed by atoms with Crippen LogP contribution < -0.4 is 0 Å². The van der Waals surface area contributed by atoms with Crippen LogP contribution in [0.25, 0.3) is 5.65 Å². The van der Waals surface area contributed by atoms with Gasteiger partial charge >= 0.3 is 5.97 Å². The van der Waals surface area contributed by atoms with E-state index in [-0.39, 0.29) is 12.6 Å².